The second-order valence-electron chi connectivity index (χ2n) is 7.83. The Morgan fingerprint density at radius 3 is 2.75 bits per heavy atom. The van der Waals surface area contributed by atoms with Crippen LogP contribution in [0.5, 0.6) is 0 Å². The largest absolute Gasteiger partial charge is 0.451 e. The number of furan rings is 1. The van der Waals surface area contributed by atoms with Crippen molar-refractivity contribution >= 4 is 33.7 Å². The molecule has 3 heterocycles. The van der Waals surface area contributed by atoms with Crippen molar-refractivity contribution in [1.82, 2.24) is 14.9 Å². The molecular formula is C23H19F3N4O2. The van der Waals surface area contributed by atoms with Gasteiger partial charge in [0, 0.05) is 36.7 Å². The van der Waals surface area contributed by atoms with Crippen molar-refractivity contribution in [3.8, 4) is 0 Å². The summed E-state index contributed by atoms with van der Waals surface area (Å²) in [6.45, 7) is 0.981. The van der Waals surface area contributed by atoms with Crippen molar-refractivity contribution < 1.29 is 22.4 Å². The van der Waals surface area contributed by atoms with E-state index in [1.165, 1.54) is 24.4 Å². The number of rotatable bonds is 4. The molecule has 6 nitrogen and oxygen atoms in total. The fourth-order valence-electron chi connectivity index (χ4n) is 4.06. The number of hydrogen-bond donors (Lipinski definition) is 1. The molecule has 1 aliphatic heterocycles. The third kappa shape index (κ3) is 3.86. The fraction of sp³-hybridized carbons (Fsp3) is 0.261. The molecule has 1 N–H and O–H groups in total. The van der Waals surface area contributed by atoms with Gasteiger partial charge in [0.15, 0.2) is 17.4 Å². The minimum Gasteiger partial charge on any atom is -0.451 e. The highest BCUT2D eigenvalue weighted by molar-refractivity contribution is 5.96. The first-order valence-electron chi connectivity index (χ1n) is 10.3. The molecule has 2 aromatic heterocycles. The summed E-state index contributed by atoms with van der Waals surface area (Å²) >= 11 is 0. The Labute approximate surface area is 181 Å². The van der Waals surface area contributed by atoms with E-state index in [1.54, 1.807) is 11.0 Å². The number of halogens is 3. The lowest BCUT2D eigenvalue weighted by Gasteiger charge is -2.35. The van der Waals surface area contributed by atoms with E-state index in [0.29, 0.717) is 29.9 Å². The number of anilines is 1. The molecule has 1 amide bonds. The second-order valence-corrected chi connectivity index (χ2v) is 7.83. The summed E-state index contributed by atoms with van der Waals surface area (Å²) in [5.41, 5.74) is 0.946. The average Bonchev–Trinajstić information content (AvgIpc) is 3.21. The number of carbonyl (C=O) groups excluding carboxylic acids is 1. The van der Waals surface area contributed by atoms with Crippen LogP contribution in [0.15, 0.2) is 47.0 Å². The lowest BCUT2D eigenvalue weighted by molar-refractivity contribution is 0.0598. The van der Waals surface area contributed by atoms with E-state index < -0.39 is 17.5 Å². The van der Waals surface area contributed by atoms with E-state index in [-0.39, 0.29) is 28.7 Å². The van der Waals surface area contributed by atoms with Crippen LogP contribution >= 0.6 is 0 Å². The van der Waals surface area contributed by atoms with Gasteiger partial charge >= 0.3 is 0 Å². The van der Waals surface area contributed by atoms with Crippen molar-refractivity contribution in [2.75, 3.05) is 18.4 Å². The minimum absolute atomic E-state index is 0.122. The van der Waals surface area contributed by atoms with E-state index in [0.717, 1.165) is 31.4 Å². The van der Waals surface area contributed by atoms with Gasteiger partial charge in [0.1, 0.15) is 17.2 Å². The quantitative estimate of drug-likeness (QED) is 0.489. The third-order valence-electron chi connectivity index (χ3n) is 5.68. The number of nitrogens with one attached hydrogen (secondary N) is 1. The zero-order valence-electron chi connectivity index (χ0n) is 16.9. The molecule has 4 aromatic rings. The molecule has 1 aliphatic rings. The van der Waals surface area contributed by atoms with Crippen molar-refractivity contribution in [3.05, 3.63) is 65.8 Å². The van der Waals surface area contributed by atoms with Crippen molar-refractivity contribution in [3.63, 3.8) is 0 Å². The molecule has 0 unspecified atom stereocenters. The first-order chi connectivity index (χ1) is 15.5. The molecule has 1 saturated heterocycles. The van der Waals surface area contributed by atoms with Crippen LogP contribution in [0.25, 0.3) is 22.0 Å². The van der Waals surface area contributed by atoms with E-state index in [2.05, 4.69) is 15.3 Å². The number of aromatic nitrogens is 2. The van der Waals surface area contributed by atoms with Gasteiger partial charge in [-0.05, 0) is 43.5 Å². The van der Waals surface area contributed by atoms with Crippen molar-refractivity contribution in [1.29, 1.82) is 0 Å². The fourth-order valence-corrected chi connectivity index (χ4v) is 4.06. The van der Waals surface area contributed by atoms with Gasteiger partial charge in [-0.3, -0.25) is 9.78 Å². The molecule has 0 radical (unpaired) electrons. The van der Waals surface area contributed by atoms with Gasteiger partial charge in [-0.2, -0.15) is 0 Å². The van der Waals surface area contributed by atoms with Crippen LogP contribution in [0, 0.1) is 17.5 Å². The Bertz CT molecular complexity index is 1320. The monoisotopic (exact) mass is 440 g/mol. The summed E-state index contributed by atoms with van der Waals surface area (Å²) in [5.74, 6) is -2.04. The van der Waals surface area contributed by atoms with Crippen molar-refractivity contribution in [2.45, 2.75) is 25.3 Å². The Morgan fingerprint density at radius 1 is 1.09 bits per heavy atom. The molecule has 1 fully saturated rings. The van der Waals surface area contributed by atoms with Crippen LogP contribution < -0.4 is 5.32 Å². The van der Waals surface area contributed by atoms with Crippen LogP contribution in [0.2, 0.25) is 0 Å². The van der Waals surface area contributed by atoms with Crippen LogP contribution in [0.1, 0.15) is 29.8 Å². The maximum absolute atomic E-state index is 13.5. The highest BCUT2D eigenvalue weighted by Crippen LogP contribution is 2.25. The average molecular weight is 440 g/mol. The lowest BCUT2D eigenvalue weighted by atomic mass is 10.0. The van der Waals surface area contributed by atoms with Crippen LogP contribution in [-0.4, -0.2) is 39.9 Å². The molecule has 1 atom stereocenters. The summed E-state index contributed by atoms with van der Waals surface area (Å²) in [7, 11) is 0. The highest BCUT2D eigenvalue weighted by Gasteiger charge is 2.29. The Kier molecular flexibility index (Phi) is 5.16. The first kappa shape index (κ1) is 20.3. The summed E-state index contributed by atoms with van der Waals surface area (Å²) in [4.78, 5) is 23.3. The van der Waals surface area contributed by atoms with Gasteiger partial charge in [0.25, 0.3) is 5.91 Å². The van der Waals surface area contributed by atoms with Gasteiger partial charge in [0.2, 0.25) is 0 Å². The molecule has 0 saturated carbocycles. The number of nitrogens with zero attached hydrogens (tertiary/aromatic N) is 3. The van der Waals surface area contributed by atoms with Crippen LogP contribution in [0.3, 0.4) is 0 Å². The summed E-state index contributed by atoms with van der Waals surface area (Å²) in [5, 5.41) is 3.68. The maximum atomic E-state index is 13.5. The van der Waals surface area contributed by atoms with Gasteiger partial charge < -0.3 is 14.6 Å². The standard InChI is InChI=1S/C23H19F3N4O2/c24-14-4-5-20-13(7-14)8-21(32-20)23(31)30-6-2-1-3-15(30)11-28-22-12-27-18-9-16(25)17(26)10-19(18)29-22/h4-5,7-10,12,15H,1-3,6,11H2,(H,28,29)/t15-/m0/s1. The van der Waals surface area contributed by atoms with Crippen molar-refractivity contribution in [2.24, 2.45) is 0 Å². The normalized spacial score (nSPS) is 16.6. The molecule has 5 rings (SSSR count). The topological polar surface area (TPSA) is 71.3 Å². The predicted octanol–water partition coefficient (Wildman–Crippen LogP) is 4.90. The van der Waals surface area contributed by atoms with Crippen LogP contribution in [0.4, 0.5) is 19.0 Å². The molecular weight excluding hydrogens is 421 g/mol. The minimum atomic E-state index is -0.987. The molecule has 0 aliphatic carbocycles. The zero-order valence-corrected chi connectivity index (χ0v) is 16.9. The van der Waals surface area contributed by atoms with E-state index in [1.807, 2.05) is 0 Å². The number of piperidine rings is 1. The molecule has 0 bridgehead atoms. The second kappa shape index (κ2) is 8.14. The number of amides is 1. The first-order valence-corrected chi connectivity index (χ1v) is 10.3. The Morgan fingerprint density at radius 2 is 1.91 bits per heavy atom. The predicted molar refractivity (Wildman–Crippen MR) is 113 cm³/mol. The smallest absolute Gasteiger partial charge is 0.289 e. The van der Waals surface area contributed by atoms with Gasteiger partial charge in [0.05, 0.1) is 17.2 Å². The van der Waals surface area contributed by atoms with Gasteiger partial charge in [-0.15, -0.1) is 0 Å². The number of hydrogen-bond acceptors (Lipinski definition) is 5. The lowest BCUT2D eigenvalue weighted by Crippen LogP contribution is -2.47. The number of likely N-dealkylation sites (tertiary alicyclic amines) is 1. The van der Waals surface area contributed by atoms with Crippen LogP contribution in [-0.2, 0) is 0 Å². The van der Waals surface area contributed by atoms with Gasteiger partial charge in [-0.25, -0.2) is 18.2 Å². The maximum Gasteiger partial charge on any atom is 0.289 e. The number of carbonyl (C=O) groups is 1. The molecule has 9 heteroatoms. The Balaban J connectivity index is 1.33. The summed E-state index contributed by atoms with van der Waals surface area (Å²) in [6.07, 6.45) is 4.07. The molecule has 32 heavy (non-hydrogen) atoms. The van der Waals surface area contributed by atoms with E-state index in [4.69, 9.17) is 4.42 Å². The number of fused-ring (bicyclic) bond motifs is 2. The molecule has 0 spiro atoms. The Hall–Kier alpha value is -3.62. The summed E-state index contributed by atoms with van der Waals surface area (Å²) < 4.78 is 46.0. The molecule has 2 aromatic carbocycles. The van der Waals surface area contributed by atoms with E-state index in [9.17, 15) is 18.0 Å². The zero-order chi connectivity index (χ0) is 22.2. The number of benzene rings is 2. The van der Waals surface area contributed by atoms with E-state index >= 15 is 0 Å². The highest BCUT2D eigenvalue weighted by atomic mass is 19.2. The third-order valence-corrected chi connectivity index (χ3v) is 5.68. The summed E-state index contributed by atoms with van der Waals surface area (Å²) in [6, 6.07) is 7.57. The molecule has 164 valence electrons. The SMILES string of the molecule is O=C(c1cc2cc(F)ccc2o1)N1CCCC[C@H]1CNc1cnc2cc(F)c(F)cc2n1. The van der Waals surface area contributed by atoms with Gasteiger partial charge in [-0.1, -0.05) is 0 Å².